The van der Waals surface area contributed by atoms with Crippen LogP contribution in [0.2, 0.25) is 0 Å². The van der Waals surface area contributed by atoms with Gasteiger partial charge in [-0.1, -0.05) is 13.0 Å². The van der Waals surface area contributed by atoms with E-state index in [-0.39, 0.29) is 0 Å². The molecule has 0 aliphatic carbocycles. The van der Waals surface area contributed by atoms with Crippen molar-refractivity contribution in [3.63, 3.8) is 0 Å². The first-order valence-corrected chi connectivity index (χ1v) is 7.83. The summed E-state index contributed by atoms with van der Waals surface area (Å²) in [6.07, 6.45) is 2.05. The zero-order chi connectivity index (χ0) is 14.3. The highest BCUT2D eigenvalue weighted by atomic mass is 32.1. The lowest BCUT2D eigenvalue weighted by molar-refractivity contribution is 0.112. The predicted octanol–water partition coefficient (Wildman–Crippen LogP) is 4.24. The first kappa shape index (κ1) is 13.4. The second-order valence-electron chi connectivity index (χ2n) is 5.70. The fourth-order valence-corrected chi connectivity index (χ4v) is 3.76. The number of nitrogens with zero attached hydrogens (tertiary/aromatic N) is 1. The van der Waals surface area contributed by atoms with E-state index in [0.29, 0.717) is 12.0 Å². The van der Waals surface area contributed by atoms with Crippen molar-refractivity contribution < 1.29 is 4.79 Å². The fourth-order valence-electron chi connectivity index (χ4n) is 2.94. The molecule has 0 spiro atoms. The Morgan fingerprint density at radius 3 is 2.75 bits per heavy atom. The smallest absolute Gasteiger partial charge is 0.160 e. The third kappa shape index (κ3) is 2.16. The summed E-state index contributed by atoms with van der Waals surface area (Å²) in [5.41, 5.74) is 3.97. The van der Waals surface area contributed by atoms with Crippen molar-refractivity contribution in [1.82, 2.24) is 0 Å². The summed E-state index contributed by atoms with van der Waals surface area (Å²) in [6.45, 7) is 4.60. The van der Waals surface area contributed by atoms with Crippen LogP contribution in [0, 0.1) is 5.92 Å². The molecule has 1 aliphatic heterocycles. The number of hydrogen-bond acceptors (Lipinski definition) is 3. The normalized spacial score (nSPS) is 21.6. The minimum atomic E-state index is 0.580. The van der Waals surface area contributed by atoms with Crippen LogP contribution < -0.4 is 4.90 Å². The van der Waals surface area contributed by atoms with Gasteiger partial charge in [0.1, 0.15) is 0 Å². The second-order valence-corrected chi connectivity index (χ2v) is 6.81. The highest BCUT2D eigenvalue weighted by molar-refractivity contribution is 7.17. The first-order chi connectivity index (χ1) is 9.60. The number of anilines is 1. The molecule has 0 fully saturated rings. The molecule has 2 nitrogen and oxygen atoms in total. The Kier molecular flexibility index (Phi) is 3.38. The van der Waals surface area contributed by atoms with Crippen LogP contribution in [0.3, 0.4) is 0 Å². The number of carbonyl (C=O) groups is 1. The standard InChI is InChI=1S/C17H19NOS/c1-11-8-14-9-13(17-7-5-15(10-19)20-17)4-6-16(14)18(3)12(11)2/h4-7,9-12H,8H2,1-3H3. The topological polar surface area (TPSA) is 20.3 Å². The Morgan fingerprint density at radius 2 is 2.05 bits per heavy atom. The minimum Gasteiger partial charge on any atom is -0.371 e. The van der Waals surface area contributed by atoms with Gasteiger partial charge in [0.05, 0.1) is 4.88 Å². The lowest BCUT2D eigenvalue weighted by atomic mass is 9.87. The number of aldehydes is 1. The molecule has 2 aromatic rings. The number of rotatable bonds is 2. The van der Waals surface area contributed by atoms with Gasteiger partial charge in [-0.2, -0.15) is 0 Å². The summed E-state index contributed by atoms with van der Waals surface area (Å²) in [5.74, 6) is 0.664. The van der Waals surface area contributed by atoms with Crippen LogP contribution in [0.4, 0.5) is 5.69 Å². The lowest BCUT2D eigenvalue weighted by Gasteiger charge is -2.38. The molecule has 2 atom stereocenters. The van der Waals surface area contributed by atoms with Crippen molar-refractivity contribution in [3.8, 4) is 10.4 Å². The number of thiophene rings is 1. The molecule has 0 N–H and O–H groups in total. The summed E-state index contributed by atoms with van der Waals surface area (Å²) in [7, 11) is 2.18. The van der Waals surface area contributed by atoms with Gasteiger partial charge in [-0.15, -0.1) is 11.3 Å². The van der Waals surface area contributed by atoms with Crippen LogP contribution >= 0.6 is 11.3 Å². The van der Waals surface area contributed by atoms with Crippen molar-refractivity contribution >= 4 is 23.3 Å². The summed E-state index contributed by atoms with van der Waals surface area (Å²) < 4.78 is 0. The average Bonchev–Trinajstić information content (AvgIpc) is 2.93. The molecular weight excluding hydrogens is 266 g/mol. The third-order valence-electron chi connectivity index (χ3n) is 4.46. The van der Waals surface area contributed by atoms with E-state index in [1.54, 1.807) is 11.3 Å². The quantitative estimate of drug-likeness (QED) is 0.769. The van der Waals surface area contributed by atoms with Crippen LogP contribution in [0.15, 0.2) is 30.3 Å². The van der Waals surface area contributed by atoms with E-state index in [1.165, 1.54) is 21.7 Å². The molecule has 0 saturated carbocycles. The zero-order valence-electron chi connectivity index (χ0n) is 12.1. The van der Waals surface area contributed by atoms with E-state index >= 15 is 0 Å². The molecule has 0 bridgehead atoms. The molecular formula is C17H19NOS. The number of benzene rings is 1. The van der Waals surface area contributed by atoms with Crippen LogP contribution in [0.25, 0.3) is 10.4 Å². The highest BCUT2D eigenvalue weighted by Crippen LogP contribution is 2.36. The molecule has 0 amide bonds. The van der Waals surface area contributed by atoms with Crippen molar-refractivity contribution in [2.75, 3.05) is 11.9 Å². The van der Waals surface area contributed by atoms with Gasteiger partial charge in [0.15, 0.2) is 6.29 Å². The average molecular weight is 285 g/mol. The molecule has 1 aromatic carbocycles. The van der Waals surface area contributed by atoms with E-state index < -0.39 is 0 Å². The summed E-state index contributed by atoms with van der Waals surface area (Å²) >= 11 is 1.56. The van der Waals surface area contributed by atoms with Gasteiger partial charge >= 0.3 is 0 Å². The molecule has 1 aliphatic rings. The molecule has 20 heavy (non-hydrogen) atoms. The van der Waals surface area contributed by atoms with Gasteiger partial charge in [-0.25, -0.2) is 0 Å². The fraction of sp³-hybridized carbons (Fsp3) is 0.353. The van der Waals surface area contributed by atoms with Gasteiger partial charge in [-0.3, -0.25) is 4.79 Å². The minimum absolute atomic E-state index is 0.580. The Balaban J connectivity index is 2.01. The predicted molar refractivity (Wildman–Crippen MR) is 85.9 cm³/mol. The Bertz CT molecular complexity index is 646. The zero-order valence-corrected chi connectivity index (χ0v) is 12.9. The summed E-state index contributed by atoms with van der Waals surface area (Å²) in [6, 6.07) is 11.2. The number of fused-ring (bicyclic) bond motifs is 1. The van der Waals surface area contributed by atoms with E-state index in [2.05, 4.69) is 44.0 Å². The molecule has 0 saturated heterocycles. The highest BCUT2D eigenvalue weighted by Gasteiger charge is 2.26. The molecule has 2 heterocycles. The van der Waals surface area contributed by atoms with E-state index in [9.17, 15) is 4.79 Å². The van der Waals surface area contributed by atoms with Gasteiger partial charge in [0.25, 0.3) is 0 Å². The van der Waals surface area contributed by atoms with Crippen LogP contribution in [0.1, 0.15) is 29.1 Å². The van der Waals surface area contributed by atoms with E-state index in [1.807, 2.05) is 12.1 Å². The lowest BCUT2D eigenvalue weighted by Crippen LogP contribution is -2.39. The maximum atomic E-state index is 10.8. The molecule has 0 radical (unpaired) electrons. The molecule has 2 unspecified atom stereocenters. The third-order valence-corrected chi connectivity index (χ3v) is 5.52. The van der Waals surface area contributed by atoms with Crippen LogP contribution in [-0.2, 0) is 6.42 Å². The van der Waals surface area contributed by atoms with Gasteiger partial charge in [-0.05, 0) is 54.7 Å². The van der Waals surface area contributed by atoms with Gasteiger partial charge in [0, 0.05) is 23.7 Å². The Labute approximate surface area is 124 Å². The van der Waals surface area contributed by atoms with Crippen molar-refractivity contribution in [2.45, 2.75) is 26.3 Å². The van der Waals surface area contributed by atoms with E-state index in [4.69, 9.17) is 0 Å². The van der Waals surface area contributed by atoms with Crippen LogP contribution in [0.5, 0.6) is 0 Å². The largest absolute Gasteiger partial charge is 0.371 e. The number of hydrogen-bond donors (Lipinski definition) is 0. The number of carbonyl (C=O) groups excluding carboxylic acids is 1. The summed E-state index contributed by atoms with van der Waals surface area (Å²) in [4.78, 5) is 15.1. The molecule has 1 aromatic heterocycles. The maximum absolute atomic E-state index is 10.8. The SMILES string of the molecule is CC1Cc2cc(-c3ccc(C=O)s3)ccc2N(C)C1C. The van der Waals surface area contributed by atoms with Crippen molar-refractivity contribution in [3.05, 3.63) is 40.8 Å². The van der Waals surface area contributed by atoms with Gasteiger partial charge in [0.2, 0.25) is 0 Å². The monoisotopic (exact) mass is 285 g/mol. The van der Waals surface area contributed by atoms with Crippen molar-refractivity contribution in [2.24, 2.45) is 5.92 Å². The first-order valence-electron chi connectivity index (χ1n) is 7.01. The maximum Gasteiger partial charge on any atom is 0.160 e. The van der Waals surface area contributed by atoms with Crippen LogP contribution in [-0.4, -0.2) is 19.4 Å². The Hall–Kier alpha value is -1.61. The molecule has 104 valence electrons. The summed E-state index contributed by atoms with van der Waals surface area (Å²) in [5, 5.41) is 0. The second kappa shape index (κ2) is 5.06. The molecule has 3 rings (SSSR count). The Morgan fingerprint density at radius 1 is 1.25 bits per heavy atom. The van der Waals surface area contributed by atoms with E-state index in [0.717, 1.165) is 17.6 Å². The molecule has 3 heteroatoms. The van der Waals surface area contributed by atoms with Gasteiger partial charge < -0.3 is 4.90 Å². The van der Waals surface area contributed by atoms with Crippen molar-refractivity contribution in [1.29, 1.82) is 0 Å².